The summed E-state index contributed by atoms with van der Waals surface area (Å²) >= 11 is 1.64. The molecule has 0 saturated carbocycles. The van der Waals surface area contributed by atoms with Gasteiger partial charge in [0.15, 0.2) is 0 Å². The molecule has 0 radical (unpaired) electrons. The van der Waals surface area contributed by atoms with E-state index in [0.29, 0.717) is 18.9 Å². The van der Waals surface area contributed by atoms with Crippen LogP contribution in [0.2, 0.25) is 0 Å². The highest BCUT2D eigenvalue weighted by atomic mass is 32.2. The highest BCUT2D eigenvalue weighted by molar-refractivity contribution is 7.99. The summed E-state index contributed by atoms with van der Waals surface area (Å²) in [5, 5.41) is 31.7. The van der Waals surface area contributed by atoms with Crippen LogP contribution >= 0.6 is 11.8 Å². The number of carbonyl (C=O) groups is 2. The van der Waals surface area contributed by atoms with Gasteiger partial charge in [0, 0.05) is 43.0 Å². The molecular formula is C20H41N5O5S. The van der Waals surface area contributed by atoms with Crippen molar-refractivity contribution in [1.82, 2.24) is 16.0 Å². The van der Waals surface area contributed by atoms with Crippen molar-refractivity contribution >= 4 is 29.3 Å². The van der Waals surface area contributed by atoms with Gasteiger partial charge in [-0.1, -0.05) is 19.0 Å². The molecule has 0 heterocycles. The fourth-order valence-corrected chi connectivity index (χ4v) is 2.97. The van der Waals surface area contributed by atoms with E-state index in [0.717, 1.165) is 43.9 Å². The molecule has 0 aliphatic carbocycles. The lowest BCUT2D eigenvalue weighted by molar-refractivity contribution is -0.137. The Balaban J connectivity index is 3.69. The van der Waals surface area contributed by atoms with Crippen molar-refractivity contribution in [3.05, 3.63) is 0 Å². The molecule has 0 bridgehead atoms. The number of hydrogen-bond donors (Lipinski definition) is 6. The molecule has 0 aromatic rings. The lowest BCUT2D eigenvalue weighted by atomic mass is 9.87. The van der Waals surface area contributed by atoms with E-state index in [-0.39, 0.29) is 25.5 Å². The number of aliphatic hydroxyl groups is 2. The van der Waals surface area contributed by atoms with E-state index in [2.05, 4.69) is 21.1 Å². The predicted octanol–water partition coefficient (Wildman–Crippen LogP) is -0.557. The molecule has 182 valence electrons. The fraction of sp³-hybridized carbons (Fsp3) is 0.850. The number of aliphatic hydroxyl groups excluding tert-OH is 2. The number of nitrogens with zero attached hydrogens (tertiary/aromatic N) is 1. The molecule has 0 unspecified atom stereocenters. The quantitative estimate of drug-likeness (QED) is 0.0845. The van der Waals surface area contributed by atoms with E-state index < -0.39 is 17.4 Å². The van der Waals surface area contributed by atoms with Crippen molar-refractivity contribution in [3.8, 4) is 0 Å². The molecular weight excluding hydrogens is 422 g/mol. The van der Waals surface area contributed by atoms with E-state index in [1.165, 1.54) is 0 Å². The first kappa shape index (κ1) is 29.6. The largest absolute Gasteiger partial charge is 0.396 e. The number of nitrogens with two attached hydrogens (primary N) is 1. The molecule has 0 aliphatic heterocycles. The van der Waals surface area contributed by atoms with Gasteiger partial charge in [-0.05, 0) is 32.9 Å². The van der Waals surface area contributed by atoms with Gasteiger partial charge in [-0.3, -0.25) is 9.59 Å². The van der Waals surface area contributed by atoms with Crippen LogP contribution < -0.4 is 21.7 Å². The smallest absolute Gasteiger partial charge is 0.249 e. The van der Waals surface area contributed by atoms with Crippen LogP contribution in [0, 0.1) is 5.41 Å². The molecule has 0 spiro atoms. The molecule has 7 N–H and O–H groups in total. The monoisotopic (exact) mass is 463 g/mol. The Morgan fingerprint density at radius 1 is 1.16 bits per heavy atom. The van der Waals surface area contributed by atoms with Crippen LogP contribution in [0.1, 0.15) is 40.0 Å². The van der Waals surface area contributed by atoms with Crippen molar-refractivity contribution in [1.29, 1.82) is 0 Å². The van der Waals surface area contributed by atoms with Crippen LogP contribution in [-0.4, -0.2) is 91.3 Å². The van der Waals surface area contributed by atoms with Crippen LogP contribution in [0.4, 0.5) is 0 Å². The van der Waals surface area contributed by atoms with Crippen molar-refractivity contribution in [3.63, 3.8) is 0 Å². The second kappa shape index (κ2) is 18.2. The van der Waals surface area contributed by atoms with E-state index >= 15 is 0 Å². The average molecular weight is 464 g/mol. The van der Waals surface area contributed by atoms with Gasteiger partial charge in [0.1, 0.15) is 12.7 Å². The lowest BCUT2D eigenvalue weighted by Crippen LogP contribution is -2.46. The normalized spacial score (nSPS) is 13.0. The third-order valence-corrected chi connectivity index (χ3v) is 5.44. The lowest BCUT2D eigenvalue weighted by Gasteiger charge is -2.27. The van der Waals surface area contributed by atoms with Gasteiger partial charge in [0.05, 0.1) is 12.3 Å². The van der Waals surface area contributed by atoms with Crippen LogP contribution in [-0.2, 0) is 14.4 Å². The SMILES string of the molecule is C/C(CSCCNC(=O)CCNC(=O)[C@@H](O)C(C)(C)CO)=N\OCCNCCCCN. The molecule has 10 nitrogen and oxygen atoms in total. The Kier molecular flexibility index (Phi) is 17.4. The maximum atomic E-state index is 11.8. The zero-order chi connectivity index (χ0) is 23.5. The Labute approximate surface area is 190 Å². The third kappa shape index (κ3) is 16.0. The van der Waals surface area contributed by atoms with Gasteiger partial charge in [0.2, 0.25) is 11.8 Å². The van der Waals surface area contributed by atoms with Crippen molar-refractivity contribution in [2.45, 2.75) is 46.1 Å². The van der Waals surface area contributed by atoms with Crippen LogP contribution in [0.25, 0.3) is 0 Å². The molecule has 1 atom stereocenters. The van der Waals surface area contributed by atoms with Crippen molar-refractivity contribution < 1.29 is 24.6 Å². The van der Waals surface area contributed by atoms with Crippen molar-refractivity contribution in [2.24, 2.45) is 16.3 Å². The summed E-state index contributed by atoms with van der Waals surface area (Å²) in [6.07, 6.45) is 0.876. The average Bonchev–Trinajstić information content (AvgIpc) is 2.74. The molecule has 0 fully saturated rings. The Morgan fingerprint density at radius 3 is 2.58 bits per heavy atom. The first-order valence-corrected chi connectivity index (χ1v) is 11.9. The number of thioether (sulfide) groups is 1. The van der Waals surface area contributed by atoms with Gasteiger partial charge < -0.3 is 36.7 Å². The van der Waals surface area contributed by atoms with E-state index in [4.69, 9.17) is 10.6 Å². The Hall–Kier alpha value is -1.40. The zero-order valence-electron chi connectivity index (χ0n) is 19.1. The Morgan fingerprint density at radius 2 is 1.90 bits per heavy atom. The van der Waals surface area contributed by atoms with E-state index in [9.17, 15) is 19.8 Å². The number of hydrogen-bond acceptors (Lipinski definition) is 9. The number of carbonyl (C=O) groups excluding carboxylic acids is 2. The minimum absolute atomic E-state index is 0.122. The van der Waals surface area contributed by atoms with Gasteiger partial charge >= 0.3 is 0 Å². The topological polar surface area (TPSA) is 158 Å². The number of oxime groups is 1. The molecule has 31 heavy (non-hydrogen) atoms. The summed E-state index contributed by atoms with van der Waals surface area (Å²) in [5.74, 6) is 0.678. The highest BCUT2D eigenvalue weighted by Crippen LogP contribution is 2.19. The molecule has 0 saturated heterocycles. The minimum Gasteiger partial charge on any atom is -0.396 e. The third-order valence-electron chi connectivity index (χ3n) is 4.33. The number of unbranched alkanes of at least 4 members (excludes halogenated alkanes) is 1. The summed E-state index contributed by atoms with van der Waals surface area (Å²) in [4.78, 5) is 28.9. The summed E-state index contributed by atoms with van der Waals surface area (Å²) in [7, 11) is 0. The van der Waals surface area contributed by atoms with Crippen LogP contribution in [0.5, 0.6) is 0 Å². The van der Waals surface area contributed by atoms with E-state index in [1.54, 1.807) is 25.6 Å². The molecule has 0 rings (SSSR count). The molecule has 0 aromatic heterocycles. The number of nitrogens with one attached hydrogen (secondary N) is 3. The minimum atomic E-state index is -1.33. The molecule has 11 heteroatoms. The van der Waals surface area contributed by atoms with Gasteiger partial charge in [-0.15, -0.1) is 0 Å². The van der Waals surface area contributed by atoms with Gasteiger partial charge in [-0.25, -0.2) is 0 Å². The maximum absolute atomic E-state index is 11.8. The summed E-state index contributed by atoms with van der Waals surface area (Å²) < 4.78 is 0. The number of amides is 2. The molecule has 0 aliphatic rings. The van der Waals surface area contributed by atoms with Crippen LogP contribution in [0.3, 0.4) is 0 Å². The predicted molar refractivity (Wildman–Crippen MR) is 125 cm³/mol. The second-order valence-corrected chi connectivity index (χ2v) is 9.00. The molecule has 0 aromatic carbocycles. The van der Waals surface area contributed by atoms with Crippen LogP contribution in [0.15, 0.2) is 5.16 Å². The van der Waals surface area contributed by atoms with E-state index in [1.807, 2.05) is 6.92 Å². The molecule has 2 amide bonds. The zero-order valence-corrected chi connectivity index (χ0v) is 19.9. The van der Waals surface area contributed by atoms with Gasteiger partial charge in [-0.2, -0.15) is 11.8 Å². The standard InChI is InChI=1S/C20H41N5O5S/c1-16(25-30-12-10-22-8-5-4-7-21)14-31-13-11-23-17(27)6-9-24-19(29)18(28)20(2,3)15-26/h18,22,26,28H,4-15,21H2,1-3H3,(H,23,27)(H,24,29)/b25-16+/t18-/m1/s1. The summed E-state index contributed by atoms with van der Waals surface area (Å²) in [6.45, 7) is 8.31. The fourth-order valence-electron chi connectivity index (χ4n) is 2.23. The first-order chi connectivity index (χ1) is 14.7. The summed E-state index contributed by atoms with van der Waals surface area (Å²) in [5.41, 5.74) is 5.38. The van der Waals surface area contributed by atoms with Crippen molar-refractivity contribution in [2.75, 3.05) is 57.4 Å². The first-order valence-electron chi connectivity index (χ1n) is 10.7. The van der Waals surface area contributed by atoms with Gasteiger partial charge in [0.25, 0.3) is 0 Å². The number of rotatable bonds is 19. The highest BCUT2D eigenvalue weighted by Gasteiger charge is 2.32. The summed E-state index contributed by atoms with van der Waals surface area (Å²) in [6, 6.07) is 0. The Bertz CT molecular complexity index is 534. The second-order valence-electron chi connectivity index (χ2n) is 7.90. The maximum Gasteiger partial charge on any atom is 0.249 e.